The lowest BCUT2D eigenvalue weighted by molar-refractivity contribution is -0.147. The molecule has 0 N–H and O–H groups in total. The van der Waals surface area contributed by atoms with Gasteiger partial charge < -0.3 is 19.3 Å². The van der Waals surface area contributed by atoms with Crippen LogP contribution >= 0.6 is 0 Å². The monoisotopic (exact) mass is 403 g/mol. The Morgan fingerprint density at radius 3 is 2.41 bits per heavy atom. The van der Waals surface area contributed by atoms with E-state index in [-0.39, 0.29) is 18.6 Å². The van der Waals surface area contributed by atoms with Gasteiger partial charge in [0.1, 0.15) is 18.2 Å². The molecule has 2 aliphatic heterocycles. The molecule has 29 heavy (non-hydrogen) atoms. The van der Waals surface area contributed by atoms with E-state index in [4.69, 9.17) is 9.47 Å². The van der Waals surface area contributed by atoms with Crippen LogP contribution < -0.4 is 0 Å². The minimum absolute atomic E-state index is 0.123. The maximum absolute atomic E-state index is 12.8. The van der Waals surface area contributed by atoms with Crippen LogP contribution in [0.25, 0.3) is 0 Å². The van der Waals surface area contributed by atoms with Gasteiger partial charge in [-0.2, -0.15) is 0 Å². The molecule has 1 aromatic carbocycles. The second-order valence-corrected chi connectivity index (χ2v) is 8.48. The van der Waals surface area contributed by atoms with E-state index in [2.05, 4.69) is 0 Å². The van der Waals surface area contributed by atoms with E-state index in [0.717, 1.165) is 5.56 Å². The van der Waals surface area contributed by atoms with Crippen LogP contribution in [0.2, 0.25) is 0 Å². The summed E-state index contributed by atoms with van der Waals surface area (Å²) in [5.74, 6) is -0.123. The zero-order valence-corrected chi connectivity index (χ0v) is 17.5. The van der Waals surface area contributed by atoms with Gasteiger partial charge in [0.15, 0.2) is 0 Å². The van der Waals surface area contributed by atoms with Gasteiger partial charge in [0.25, 0.3) is 0 Å². The molecule has 0 spiro atoms. The second kappa shape index (κ2) is 8.31. The molecule has 8 nitrogen and oxygen atoms in total. The SMILES string of the molecule is C[C@H]1C(=O)N2CCN(C(=O)OC(C)(C)C)C[C@H]2CN1C(=O)OCc1ccccc1. The van der Waals surface area contributed by atoms with Crippen LogP contribution in [0.3, 0.4) is 0 Å². The number of piperazine rings is 2. The van der Waals surface area contributed by atoms with Crippen LogP contribution in [-0.2, 0) is 20.9 Å². The highest BCUT2D eigenvalue weighted by atomic mass is 16.6. The van der Waals surface area contributed by atoms with Crippen molar-refractivity contribution in [1.29, 1.82) is 0 Å². The summed E-state index contributed by atoms with van der Waals surface area (Å²) < 4.78 is 10.9. The molecular weight excluding hydrogens is 374 g/mol. The number of hydrogen-bond donors (Lipinski definition) is 0. The number of carbonyl (C=O) groups is 3. The third-order valence-corrected chi connectivity index (χ3v) is 5.09. The molecule has 0 aromatic heterocycles. The van der Waals surface area contributed by atoms with Crippen molar-refractivity contribution in [2.24, 2.45) is 0 Å². The third-order valence-electron chi connectivity index (χ3n) is 5.09. The molecule has 158 valence electrons. The maximum Gasteiger partial charge on any atom is 0.410 e. The minimum Gasteiger partial charge on any atom is -0.445 e. The van der Waals surface area contributed by atoms with Gasteiger partial charge in [0, 0.05) is 26.2 Å². The van der Waals surface area contributed by atoms with Crippen molar-refractivity contribution in [3.63, 3.8) is 0 Å². The molecule has 2 saturated heterocycles. The second-order valence-electron chi connectivity index (χ2n) is 8.48. The number of ether oxygens (including phenoxy) is 2. The fraction of sp³-hybridized carbons (Fsp3) is 0.571. The van der Waals surface area contributed by atoms with Crippen molar-refractivity contribution in [2.45, 2.75) is 52.0 Å². The van der Waals surface area contributed by atoms with Gasteiger partial charge in [-0.3, -0.25) is 9.69 Å². The highest BCUT2D eigenvalue weighted by Gasteiger charge is 2.44. The lowest BCUT2D eigenvalue weighted by Crippen LogP contribution is -2.68. The first-order valence-electron chi connectivity index (χ1n) is 9.91. The molecule has 2 atom stereocenters. The van der Waals surface area contributed by atoms with Crippen LogP contribution in [0.5, 0.6) is 0 Å². The summed E-state index contributed by atoms with van der Waals surface area (Å²) in [4.78, 5) is 42.6. The number of amides is 3. The molecular formula is C21H29N3O5. The number of fused-ring (bicyclic) bond motifs is 1. The van der Waals surface area contributed by atoms with E-state index in [1.807, 2.05) is 51.1 Å². The number of rotatable bonds is 2. The van der Waals surface area contributed by atoms with Gasteiger partial charge in [-0.15, -0.1) is 0 Å². The molecule has 0 aliphatic carbocycles. The molecule has 3 amide bonds. The Kier molecular flexibility index (Phi) is 6.00. The van der Waals surface area contributed by atoms with Crippen molar-refractivity contribution in [1.82, 2.24) is 14.7 Å². The van der Waals surface area contributed by atoms with E-state index in [1.54, 1.807) is 16.7 Å². The summed E-state index contributed by atoms with van der Waals surface area (Å²) in [6.45, 7) is 8.81. The summed E-state index contributed by atoms with van der Waals surface area (Å²) in [6, 6.07) is 8.53. The topological polar surface area (TPSA) is 79.4 Å². The van der Waals surface area contributed by atoms with Gasteiger partial charge in [0.2, 0.25) is 5.91 Å². The third kappa shape index (κ3) is 4.99. The number of carbonyl (C=O) groups excluding carboxylic acids is 3. The van der Waals surface area contributed by atoms with Crippen molar-refractivity contribution in [3.05, 3.63) is 35.9 Å². The summed E-state index contributed by atoms with van der Waals surface area (Å²) in [6.07, 6.45) is -0.926. The Labute approximate surface area is 171 Å². The van der Waals surface area contributed by atoms with E-state index in [1.165, 1.54) is 4.90 Å². The Balaban J connectivity index is 1.63. The average Bonchev–Trinajstić information content (AvgIpc) is 2.68. The predicted molar refractivity (Wildman–Crippen MR) is 106 cm³/mol. The van der Waals surface area contributed by atoms with Crippen LogP contribution in [0.4, 0.5) is 9.59 Å². The Morgan fingerprint density at radius 1 is 1.07 bits per heavy atom. The molecule has 0 radical (unpaired) electrons. The van der Waals surface area contributed by atoms with E-state index in [0.29, 0.717) is 26.2 Å². The van der Waals surface area contributed by atoms with Crippen LogP contribution in [0, 0.1) is 0 Å². The molecule has 0 saturated carbocycles. The highest BCUT2D eigenvalue weighted by molar-refractivity contribution is 5.87. The van der Waals surface area contributed by atoms with Gasteiger partial charge >= 0.3 is 12.2 Å². The van der Waals surface area contributed by atoms with Gasteiger partial charge in [0.05, 0.1) is 6.04 Å². The first-order chi connectivity index (χ1) is 13.7. The molecule has 8 heteroatoms. The highest BCUT2D eigenvalue weighted by Crippen LogP contribution is 2.23. The molecule has 0 unspecified atom stereocenters. The fourth-order valence-electron chi connectivity index (χ4n) is 3.59. The molecule has 2 heterocycles. The van der Waals surface area contributed by atoms with Gasteiger partial charge in [-0.1, -0.05) is 30.3 Å². The van der Waals surface area contributed by atoms with Gasteiger partial charge in [-0.05, 0) is 33.3 Å². The number of hydrogen-bond acceptors (Lipinski definition) is 5. The minimum atomic E-state index is -0.595. The van der Waals surface area contributed by atoms with Crippen LogP contribution in [-0.4, -0.2) is 76.7 Å². The zero-order chi connectivity index (χ0) is 21.2. The smallest absolute Gasteiger partial charge is 0.410 e. The molecule has 0 bridgehead atoms. The van der Waals surface area contributed by atoms with E-state index < -0.39 is 23.8 Å². The van der Waals surface area contributed by atoms with Gasteiger partial charge in [-0.25, -0.2) is 9.59 Å². The summed E-state index contributed by atoms with van der Waals surface area (Å²) in [5.41, 5.74) is 0.297. The molecule has 3 rings (SSSR count). The van der Waals surface area contributed by atoms with E-state index >= 15 is 0 Å². The number of benzene rings is 1. The Bertz CT molecular complexity index is 761. The quantitative estimate of drug-likeness (QED) is 0.758. The Hall–Kier alpha value is -2.77. The molecule has 1 aromatic rings. The van der Waals surface area contributed by atoms with Crippen molar-refractivity contribution in [2.75, 3.05) is 26.2 Å². The van der Waals surface area contributed by atoms with Crippen LogP contribution in [0.15, 0.2) is 30.3 Å². The average molecular weight is 403 g/mol. The first-order valence-corrected chi connectivity index (χ1v) is 9.91. The lowest BCUT2D eigenvalue weighted by Gasteiger charge is -2.48. The standard InChI is InChI=1S/C21H29N3O5/c1-15-18(25)23-11-10-22(19(26)29-21(2,3)4)12-17(23)13-24(15)20(27)28-14-16-8-6-5-7-9-16/h5-9,15,17H,10-14H2,1-4H3/t15-,17-/m0/s1. The van der Waals surface area contributed by atoms with Crippen molar-refractivity contribution < 1.29 is 23.9 Å². The van der Waals surface area contributed by atoms with Crippen molar-refractivity contribution >= 4 is 18.1 Å². The molecule has 2 aliphatic rings. The summed E-state index contributed by atoms with van der Waals surface area (Å²) in [7, 11) is 0. The largest absolute Gasteiger partial charge is 0.445 e. The lowest BCUT2D eigenvalue weighted by atomic mass is 10.0. The fourth-order valence-corrected chi connectivity index (χ4v) is 3.59. The normalized spacial score (nSPS) is 22.2. The summed E-state index contributed by atoms with van der Waals surface area (Å²) >= 11 is 0. The summed E-state index contributed by atoms with van der Waals surface area (Å²) in [5, 5.41) is 0. The number of nitrogens with zero attached hydrogens (tertiary/aromatic N) is 3. The predicted octanol–water partition coefficient (Wildman–Crippen LogP) is 2.48. The maximum atomic E-state index is 12.8. The Morgan fingerprint density at radius 2 is 1.76 bits per heavy atom. The zero-order valence-electron chi connectivity index (χ0n) is 17.5. The van der Waals surface area contributed by atoms with Crippen molar-refractivity contribution in [3.8, 4) is 0 Å². The van der Waals surface area contributed by atoms with Crippen LogP contribution in [0.1, 0.15) is 33.3 Å². The van der Waals surface area contributed by atoms with E-state index in [9.17, 15) is 14.4 Å². The molecule has 2 fully saturated rings. The first kappa shape index (κ1) is 21.0.